The Bertz CT molecular complexity index is 1660. The van der Waals surface area contributed by atoms with Crippen molar-refractivity contribution in [3.63, 3.8) is 0 Å². The van der Waals surface area contributed by atoms with E-state index < -0.39 is 38.7 Å². The summed E-state index contributed by atoms with van der Waals surface area (Å²) < 4.78 is 30.2. The van der Waals surface area contributed by atoms with E-state index in [2.05, 4.69) is 29.1 Å². The molecular weight excluding hydrogens is 735 g/mol. The van der Waals surface area contributed by atoms with Crippen molar-refractivity contribution in [1.82, 2.24) is 14.6 Å². The first kappa shape index (κ1) is 45.4. The van der Waals surface area contributed by atoms with Crippen molar-refractivity contribution >= 4 is 19.5 Å². The zero-order chi connectivity index (χ0) is 40.1. The summed E-state index contributed by atoms with van der Waals surface area (Å²) in [6.07, 6.45) is 18.9. The molecule has 1 fully saturated rings. The van der Waals surface area contributed by atoms with Gasteiger partial charge in [0, 0.05) is 0 Å². The van der Waals surface area contributed by atoms with E-state index in [1.54, 1.807) is 30.3 Å². The van der Waals surface area contributed by atoms with Crippen LogP contribution in [0.15, 0.2) is 42.7 Å². The summed E-state index contributed by atoms with van der Waals surface area (Å²) in [5, 5.41) is 34.4. The number of hydrogen-bond acceptors (Lipinski definition) is 13. The molecule has 4 rings (SSSR count). The first-order chi connectivity index (χ1) is 27.2. The van der Waals surface area contributed by atoms with Crippen molar-refractivity contribution in [2.24, 2.45) is 0 Å². The molecule has 310 valence electrons. The molecule has 56 heavy (non-hydrogen) atoms. The van der Waals surface area contributed by atoms with Crippen molar-refractivity contribution in [1.29, 1.82) is 10.5 Å². The van der Waals surface area contributed by atoms with Gasteiger partial charge >= 0.3 is 262 Å². The molecule has 2 aromatic heterocycles. The van der Waals surface area contributed by atoms with Gasteiger partial charge in [-0.05, 0) is 0 Å². The van der Waals surface area contributed by atoms with Crippen LogP contribution in [0.5, 0.6) is 0 Å². The third kappa shape index (κ3) is 14.9. The monoisotopic (exact) mass is 798 g/mol. The number of fused-ring (bicyclic) bond motifs is 1. The molecule has 0 amide bonds. The van der Waals surface area contributed by atoms with Crippen LogP contribution in [0, 0.1) is 22.7 Å². The second-order valence-corrected chi connectivity index (χ2v) is 16.5. The van der Waals surface area contributed by atoms with E-state index >= 15 is 0 Å². The van der Waals surface area contributed by atoms with Gasteiger partial charge in [0.05, 0.1) is 0 Å². The molecule has 1 aliphatic heterocycles. The Kier molecular flexibility index (Phi) is 19.9. The van der Waals surface area contributed by atoms with Gasteiger partial charge in [0.25, 0.3) is 0 Å². The van der Waals surface area contributed by atoms with Crippen molar-refractivity contribution in [3.05, 3.63) is 59.5 Å². The van der Waals surface area contributed by atoms with Gasteiger partial charge in [-0.15, -0.1) is 0 Å². The number of nitrogen functional groups attached to an aromatic ring is 1. The zero-order valence-electron chi connectivity index (χ0n) is 33.0. The van der Waals surface area contributed by atoms with Gasteiger partial charge in [-0.3, -0.25) is 0 Å². The molecule has 0 unspecified atom stereocenters. The summed E-state index contributed by atoms with van der Waals surface area (Å²) in [5.41, 5.74) is 6.45. The second kappa shape index (κ2) is 24.5. The molecule has 1 aromatic carbocycles. The summed E-state index contributed by atoms with van der Waals surface area (Å²) in [6.45, 7) is 2.40. The number of aromatic nitrogens is 3. The average molecular weight is 799 g/mol. The van der Waals surface area contributed by atoms with Gasteiger partial charge in [-0.25, -0.2) is 0 Å². The van der Waals surface area contributed by atoms with Crippen molar-refractivity contribution in [2.75, 3.05) is 32.2 Å². The van der Waals surface area contributed by atoms with Crippen LogP contribution in [0.2, 0.25) is 0 Å². The molecule has 0 saturated carbocycles. The Balaban J connectivity index is 1.16. The minimum atomic E-state index is -4.75. The predicted octanol–water partition coefficient (Wildman–Crippen LogP) is 7.34. The van der Waals surface area contributed by atoms with Gasteiger partial charge in [0.1, 0.15) is 0 Å². The molecule has 0 radical (unpaired) electrons. The maximum atomic E-state index is 10.8. The van der Waals surface area contributed by atoms with Gasteiger partial charge < -0.3 is 0 Å². The van der Waals surface area contributed by atoms with Gasteiger partial charge in [-0.1, -0.05) is 71.1 Å². The molecule has 4 atom stereocenters. The summed E-state index contributed by atoms with van der Waals surface area (Å²) in [7, 11) is -4.75. The van der Waals surface area contributed by atoms with Gasteiger partial charge in [-0.2, -0.15) is 0 Å². The predicted molar refractivity (Wildman–Crippen MR) is 215 cm³/mol. The van der Waals surface area contributed by atoms with Gasteiger partial charge in [0.15, 0.2) is 0 Å². The fourth-order valence-corrected chi connectivity index (χ4v) is 7.87. The first-order valence-electron chi connectivity index (χ1n) is 20.5. The number of benzene rings is 1. The van der Waals surface area contributed by atoms with Crippen LogP contribution >= 0.6 is 8.17 Å². The topological polar surface area (TPSA) is 211 Å². The molecule has 3 heterocycles. The number of nitrogens with zero attached hydrogens (tertiary/aromatic N) is 5. The summed E-state index contributed by atoms with van der Waals surface area (Å²) in [6, 6.07) is 14.6. The Morgan fingerprint density at radius 1 is 0.929 bits per heavy atom. The quantitative estimate of drug-likeness (QED) is 0.0400. The van der Waals surface area contributed by atoms with E-state index in [-0.39, 0.29) is 32.1 Å². The van der Waals surface area contributed by atoms with Crippen molar-refractivity contribution in [2.45, 2.75) is 147 Å². The van der Waals surface area contributed by atoms with Crippen molar-refractivity contribution in [3.8, 4) is 12.1 Å². The average Bonchev–Trinajstić information content (AvgIpc) is 3.79. The van der Waals surface area contributed by atoms with E-state index in [1.807, 2.05) is 6.07 Å². The fourth-order valence-electron chi connectivity index (χ4n) is 7.00. The third-order valence-electron chi connectivity index (χ3n) is 10.2. The number of ether oxygens (including phenoxy) is 3. The Morgan fingerprint density at radius 3 is 2.23 bits per heavy atom. The molecule has 14 nitrogen and oxygen atoms in total. The molecule has 0 aliphatic carbocycles. The number of unbranched alkanes of at least 4 members (excludes halogenated alkanes) is 15. The number of anilines is 1. The molecule has 1 saturated heterocycles. The van der Waals surface area contributed by atoms with E-state index in [1.165, 1.54) is 101 Å². The standard InChI is InChI=1S/C41H63N6O8P/c1-2-3-4-5-6-7-8-9-10-11-12-13-14-15-16-17-23-51-28-35(52-27-34-20-18-19-33(24-34)26-42)29-53-56(49,50)54-30-38-37(48)25-41(31-43,55-38)39-22-21-36-40(44)45-32-46-47(36)39/h18-22,24,32,35,37-38,48-50,56H,2-17,23,25,27-30H2,1H3,(H2,44,45,46)/t35-,37+,38-,41+/m1/s1. The second-order valence-electron chi connectivity index (χ2n) is 14.8. The van der Waals surface area contributed by atoms with Crippen LogP contribution in [-0.4, -0.2) is 74.2 Å². The summed E-state index contributed by atoms with van der Waals surface area (Å²) >= 11 is 0. The fraction of sp³-hybridized carbons (Fsp3) is 0.659. The number of aliphatic hydroxyl groups excluding tert-OH is 1. The van der Waals surface area contributed by atoms with Crippen LogP contribution in [0.25, 0.3) is 5.52 Å². The zero-order valence-corrected chi connectivity index (χ0v) is 34.0. The van der Waals surface area contributed by atoms with Crippen molar-refractivity contribution < 1.29 is 38.2 Å². The molecule has 5 N–H and O–H groups in total. The summed E-state index contributed by atoms with van der Waals surface area (Å²) in [4.78, 5) is 25.4. The van der Waals surface area contributed by atoms with E-state index in [9.17, 15) is 25.4 Å². The molecular formula is C41H63N6O8P. The molecule has 0 bridgehead atoms. The van der Waals surface area contributed by atoms with Crippen LogP contribution in [0.3, 0.4) is 0 Å². The van der Waals surface area contributed by atoms with E-state index in [4.69, 9.17) is 29.0 Å². The molecule has 1 aliphatic rings. The minimum absolute atomic E-state index is 0.112. The summed E-state index contributed by atoms with van der Waals surface area (Å²) in [5.74, 6) is 0.217. The Hall–Kier alpha value is -3.27. The molecule has 0 spiro atoms. The maximum absolute atomic E-state index is 10.8. The normalized spacial score (nSPS) is 19.2. The number of hydrogen-bond donors (Lipinski definition) is 4. The van der Waals surface area contributed by atoms with Crippen LogP contribution in [0.4, 0.5) is 5.82 Å². The van der Waals surface area contributed by atoms with Gasteiger partial charge in [0.2, 0.25) is 0 Å². The number of rotatable bonds is 29. The molecule has 3 aromatic rings. The first-order valence-corrected chi connectivity index (χ1v) is 22.2. The van der Waals surface area contributed by atoms with Crippen LogP contribution in [-0.2, 0) is 35.5 Å². The number of aliphatic hydroxyl groups is 1. The van der Waals surface area contributed by atoms with E-state index in [0.29, 0.717) is 23.4 Å². The Labute approximate surface area is 332 Å². The van der Waals surface area contributed by atoms with Crippen LogP contribution < -0.4 is 5.73 Å². The number of nitriles is 2. The third-order valence-corrected chi connectivity index (χ3v) is 11.3. The SMILES string of the molecule is CCCCCCCCCCCCCCCCCCOC[C@H](CO[PH](O)(O)OC[C@H]1O[C@@](C#N)(c2ccc3c(N)ncnn23)C[C@@H]1O)OCc1cccc(C#N)c1. The van der Waals surface area contributed by atoms with E-state index in [0.717, 1.165) is 18.4 Å². The Morgan fingerprint density at radius 2 is 1.59 bits per heavy atom. The van der Waals surface area contributed by atoms with Crippen LogP contribution in [0.1, 0.15) is 133 Å². The molecule has 15 heteroatoms. The number of nitrogens with two attached hydrogens (primary N) is 1.